The molecule has 2 heterocycles. The Balaban J connectivity index is 1.74. The standard InChI is InChI=1S/C32H45FN4O5S/c1-21-18-27(37(20-21)29(39)42-30(2,3)4)28(38)35-26-19-24(10-11-25(26)33)32(15-12-22-8-9-22,23-13-16-34-17-14-23)36-43(40,41)31(5,6)7/h10-11,13-14,16-17,19,21-22,27,36H,8-9,12,15,18,20H2,1-7H3,(H,35,38)/t21-,27-,32?/m1/s1. The number of carbonyl (C=O) groups excluding carboxylic acids is 2. The lowest BCUT2D eigenvalue weighted by Crippen LogP contribution is -2.52. The molecule has 4 rings (SSSR count). The fourth-order valence-corrected chi connectivity index (χ4v) is 6.49. The highest BCUT2D eigenvalue weighted by atomic mass is 32.2. The smallest absolute Gasteiger partial charge is 0.410 e. The normalized spacial score (nSPS) is 20.9. The maximum absolute atomic E-state index is 15.3. The van der Waals surface area contributed by atoms with Crippen LogP contribution in [0.15, 0.2) is 42.7 Å². The lowest BCUT2D eigenvalue weighted by molar-refractivity contribution is -0.120. The number of rotatable bonds is 9. The molecule has 0 spiro atoms. The SMILES string of the molecule is C[C@@H]1C[C@H](C(=O)Nc2cc(C(CCC3CC3)(NS(=O)(=O)C(C)(C)C)c3ccncc3)ccc2F)N(C(=O)OC(C)(C)C)C1. The van der Waals surface area contributed by atoms with Gasteiger partial charge in [-0.3, -0.25) is 14.7 Å². The van der Waals surface area contributed by atoms with Crippen molar-refractivity contribution in [2.45, 2.75) is 102 Å². The molecule has 2 N–H and O–H groups in total. The predicted molar refractivity (Wildman–Crippen MR) is 164 cm³/mol. The van der Waals surface area contributed by atoms with Crippen LogP contribution in [0.4, 0.5) is 14.9 Å². The molecular weight excluding hydrogens is 571 g/mol. The summed E-state index contributed by atoms with van der Waals surface area (Å²) in [6, 6.07) is 6.99. The summed E-state index contributed by atoms with van der Waals surface area (Å²) in [4.78, 5) is 32.0. The minimum Gasteiger partial charge on any atom is -0.444 e. The van der Waals surface area contributed by atoms with Crippen LogP contribution < -0.4 is 10.0 Å². The van der Waals surface area contributed by atoms with Gasteiger partial charge in [0.2, 0.25) is 15.9 Å². The Morgan fingerprint density at radius 3 is 2.28 bits per heavy atom. The van der Waals surface area contributed by atoms with Crippen molar-refractivity contribution in [2.75, 3.05) is 11.9 Å². The van der Waals surface area contributed by atoms with E-state index in [0.717, 1.165) is 19.3 Å². The van der Waals surface area contributed by atoms with E-state index in [0.29, 0.717) is 36.4 Å². The van der Waals surface area contributed by atoms with Crippen LogP contribution >= 0.6 is 0 Å². The van der Waals surface area contributed by atoms with Crippen molar-refractivity contribution in [3.05, 3.63) is 59.7 Å². The van der Waals surface area contributed by atoms with Gasteiger partial charge in [-0.2, -0.15) is 0 Å². The Bertz CT molecular complexity index is 1430. The second kappa shape index (κ2) is 12.1. The molecule has 9 nitrogen and oxygen atoms in total. The van der Waals surface area contributed by atoms with Crippen molar-refractivity contribution in [3.8, 4) is 0 Å². The third-order valence-electron chi connectivity index (χ3n) is 8.07. The van der Waals surface area contributed by atoms with Crippen LogP contribution in [-0.2, 0) is 25.1 Å². The summed E-state index contributed by atoms with van der Waals surface area (Å²) in [6.07, 6.45) is 6.37. The minimum absolute atomic E-state index is 0.0491. The Morgan fingerprint density at radius 2 is 1.70 bits per heavy atom. The van der Waals surface area contributed by atoms with Crippen molar-refractivity contribution in [3.63, 3.8) is 0 Å². The number of hydrogen-bond acceptors (Lipinski definition) is 6. The van der Waals surface area contributed by atoms with E-state index in [-0.39, 0.29) is 11.6 Å². The lowest BCUT2D eigenvalue weighted by Gasteiger charge is -2.38. The van der Waals surface area contributed by atoms with Gasteiger partial charge in [0.05, 0.1) is 16.0 Å². The Kier molecular flexibility index (Phi) is 9.28. The van der Waals surface area contributed by atoms with Crippen LogP contribution in [0.2, 0.25) is 0 Å². The van der Waals surface area contributed by atoms with Gasteiger partial charge in [0.25, 0.3) is 0 Å². The molecule has 2 aliphatic rings. The number of hydrogen-bond donors (Lipinski definition) is 2. The van der Waals surface area contributed by atoms with Gasteiger partial charge in [-0.25, -0.2) is 22.3 Å². The first-order chi connectivity index (χ1) is 19.9. The first kappa shape index (κ1) is 32.9. The van der Waals surface area contributed by atoms with E-state index in [1.807, 2.05) is 6.92 Å². The minimum atomic E-state index is -3.89. The van der Waals surface area contributed by atoms with Gasteiger partial charge < -0.3 is 10.1 Å². The first-order valence-corrected chi connectivity index (χ1v) is 16.4. The third-order valence-corrected chi connectivity index (χ3v) is 10.3. The number of sulfonamides is 1. The summed E-state index contributed by atoms with van der Waals surface area (Å²) in [7, 11) is -3.89. The van der Waals surface area contributed by atoms with Gasteiger partial charge in [-0.1, -0.05) is 25.8 Å². The first-order valence-electron chi connectivity index (χ1n) is 15.0. The topological polar surface area (TPSA) is 118 Å². The van der Waals surface area contributed by atoms with Crippen LogP contribution in [0.5, 0.6) is 0 Å². The Labute approximate surface area is 255 Å². The van der Waals surface area contributed by atoms with E-state index in [9.17, 15) is 18.0 Å². The number of aromatic nitrogens is 1. The largest absolute Gasteiger partial charge is 0.444 e. The molecule has 1 aliphatic heterocycles. The van der Waals surface area contributed by atoms with Crippen molar-refractivity contribution in [1.29, 1.82) is 0 Å². The second-order valence-electron chi connectivity index (χ2n) is 14.0. The molecule has 236 valence electrons. The monoisotopic (exact) mass is 616 g/mol. The number of halogens is 1. The van der Waals surface area contributed by atoms with E-state index in [1.165, 1.54) is 17.0 Å². The molecule has 43 heavy (non-hydrogen) atoms. The van der Waals surface area contributed by atoms with Gasteiger partial charge >= 0.3 is 6.09 Å². The zero-order chi connectivity index (χ0) is 31.8. The van der Waals surface area contributed by atoms with Gasteiger partial charge in [-0.15, -0.1) is 0 Å². The molecule has 11 heteroatoms. The van der Waals surface area contributed by atoms with Gasteiger partial charge in [0.1, 0.15) is 17.5 Å². The van der Waals surface area contributed by atoms with Crippen LogP contribution in [0.3, 0.4) is 0 Å². The number of nitrogens with zero attached hydrogens (tertiary/aromatic N) is 2. The summed E-state index contributed by atoms with van der Waals surface area (Å²) in [5.41, 5.74) is -0.907. The lowest BCUT2D eigenvalue weighted by atomic mass is 9.79. The van der Waals surface area contributed by atoms with Gasteiger partial charge in [-0.05, 0) is 108 Å². The van der Waals surface area contributed by atoms with Crippen LogP contribution in [0.1, 0.15) is 91.7 Å². The Morgan fingerprint density at radius 1 is 1.05 bits per heavy atom. The number of likely N-dealkylation sites (tertiary alicyclic amines) is 1. The Hall–Kier alpha value is -3.05. The molecule has 3 atom stereocenters. The van der Waals surface area contributed by atoms with E-state index < -0.39 is 49.8 Å². The zero-order valence-corrected chi connectivity index (χ0v) is 27.1. The number of nitrogens with one attached hydrogen (secondary N) is 2. The van der Waals surface area contributed by atoms with E-state index >= 15 is 4.39 Å². The molecule has 1 saturated heterocycles. The summed E-state index contributed by atoms with van der Waals surface area (Å²) < 4.78 is 50.1. The molecule has 2 fully saturated rings. The van der Waals surface area contributed by atoms with Gasteiger partial charge in [0, 0.05) is 18.9 Å². The molecular formula is C32H45FN4O5S. The highest BCUT2D eigenvalue weighted by Crippen LogP contribution is 2.43. The third kappa shape index (κ3) is 7.73. The summed E-state index contributed by atoms with van der Waals surface area (Å²) in [5.74, 6) is -0.665. The number of benzene rings is 1. The number of ether oxygens (including phenoxy) is 1. The molecule has 0 radical (unpaired) electrons. The van der Waals surface area contributed by atoms with E-state index in [4.69, 9.17) is 4.74 Å². The van der Waals surface area contributed by atoms with Crippen molar-refractivity contribution < 1.29 is 27.1 Å². The van der Waals surface area contributed by atoms with Crippen molar-refractivity contribution in [1.82, 2.24) is 14.6 Å². The molecule has 0 bridgehead atoms. The van der Waals surface area contributed by atoms with E-state index in [1.54, 1.807) is 72.1 Å². The maximum atomic E-state index is 15.3. The maximum Gasteiger partial charge on any atom is 0.410 e. The average molecular weight is 617 g/mol. The average Bonchev–Trinajstić information content (AvgIpc) is 3.65. The second-order valence-corrected chi connectivity index (χ2v) is 16.5. The molecule has 1 saturated carbocycles. The number of amides is 2. The highest BCUT2D eigenvalue weighted by Gasteiger charge is 2.44. The van der Waals surface area contributed by atoms with Crippen LogP contribution in [-0.4, -0.2) is 53.2 Å². The molecule has 1 aliphatic carbocycles. The molecule has 1 aromatic heterocycles. The fraction of sp³-hybridized carbons (Fsp3) is 0.594. The molecule has 1 unspecified atom stereocenters. The van der Waals surface area contributed by atoms with Crippen LogP contribution in [0.25, 0.3) is 0 Å². The molecule has 2 amide bonds. The number of carbonyl (C=O) groups is 2. The predicted octanol–water partition coefficient (Wildman–Crippen LogP) is 5.96. The molecule has 1 aromatic carbocycles. The number of anilines is 1. The highest BCUT2D eigenvalue weighted by molar-refractivity contribution is 7.90. The number of pyridine rings is 1. The van der Waals surface area contributed by atoms with Crippen LogP contribution in [0, 0.1) is 17.7 Å². The summed E-state index contributed by atoms with van der Waals surface area (Å²) in [6.45, 7) is 12.4. The van der Waals surface area contributed by atoms with Gasteiger partial charge in [0.15, 0.2) is 0 Å². The zero-order valence-electron chi connectivity index (χ0n) is 26.2. The summed E-state index contributed by atoms with van der Waals surface area (Å²) >= 11 is 0. The van der Waals surface area contributed by atoms with E-state index in [2.05, 4.69) is 15.0 Å². The van der Waals surface area contributed by atoms with Crippen molar-refractivity contribution in [2.24, 2.45) is 11.8 Å². The van der Waals surface area contributed by atoms with Crippen molar-refractivity contribution >= 4 is 27.7 Å². The fourth-order valence-electron chi connectivity index (χ4n) is 5.39. The molecule has 2 aromatic rings. The quantitative estimate of drug-likeness (QED) is 0.359. The summed E-state index contributed by atoms with van der Waals surface area (Å²) in [5, 5.41) is 2.70.